The molecule has 320 valence electrons. The number of hydrogen-bond acceptors (Lipinski definition) is 3. The van der Waals surface area contributed by atoms with Crippen molar-refractivity contribution in [3.8, 4) is 0 Å². The van der Waals surface area contributed by atoms with Crippen LogP contribution in [0, 0.1) is 35.5 Å². The summed E-state index contributed by atoms with van der Waals surface area (Å²) in [4.78, 5) is 10.3. The molecule has 2 aromatic rings. The van der Waals surface area contributed by atoms with Crippen molar-refractivity contribution in [3.63, 3.8) is 0 Å². The van der Waals surface area contributed by atoms with Crippen molar-refractivity contribution in [2.45, 2.75) is 194 Å². The van der Waals surface area contributed by atoms with Gasteiger partial charge < -0.3 is 15.0 Å². The summed E-state index contributed by atoms with van der Waals surface area (Å²) in [7, 11) is 0. The first-order chi connectivity index (χ1) is 25.8. The second kappa shape index (κ2) is 42.6. The molecule has 55 heavy (non-hydrogen) atoms. The molecule has 2 atom stereocenters. The lowest BCUT2D eigenvalue weighted by Crippen LogP contribution is -2.13. The lowest BCUT2D eigenvalue weighted by molar-refractivity contribution is -0.117. The van der Waals surface area contributed by atoms with Crippen LogP contribution in [0.1, 0.15) is 186 Å². The molecule has 2 aromatic carbocycles. The molecule has 0 aliphatic rings. The van der Waals surface area contributed by atoms with Gasteiger partial charge in [-0.05, 0) is 92.6 Å². The minimum Gasteiger partial charge on any atom is -0.393 e. The van der Waals surface area contributed by atoms with Gasteiger partial charge in [-0.25, -0.2) is 0 Å². The predicted molar refractivity (Wildman–Crippen MR) is 250 cm³/mol. The number of aliphatic hydroxyl groups is 2. The predicted octanol–water partition coefficient (Wildman–Crippen LogP) is 15.6. The minimum absolute atomic E-state index is 0.0773. The van der Waals surface area contributed by atoms with Crippen LogP contribution in [-0.4, -0.2) is 28.2 Å². The maximum absolute atomic E-state index is 10.3. The molecule has 3 nitrogen and oxygen atoms in total. The summed E-state index contributed by atoms with van der Waals surface area (Å²) in [5, 5.41) is 18.1. The Morgan fingerprint density at radius 2 is 1.13 bits per heavy atom. The van der Waals surface area contributed by atoms with Gasteiger partial charge in [-0.2, -0.15) is 0 Å². The summed E-state index contributed by atoms with van der Waals surface area (Å²) in [6.45, 7) is 33.7. The Hall–Kier alpha value is -2.49. The summed E-state index contributed by atoms with van der Waals surface area (Å²) < 4.78 is 0. The number of Topliss-reactive ketones (excluding diaryl/α,β-unsaturated/α-hetero) is 1. The SMILES string of the molecule is CC(=O)CCC(C)C.CC(C)/C=C/c1ccccc1.CC(C)CC(C)O.CC(C)Cc1ccccc1.CCCC/C=C/C(C)C.CCCCCC(O)C(C)C. The molecule has 0 aliphatic carbocycles. The summed E-state index contributed by atoms with van der Waals surface area (Å²) in [5.74, 6) is 4.15. The van der Waals surface area contributed by atoms with E-state index in [2.05, 4.69) is 176 Å². The monoisotopic (exact) mass is 767 g/mol. The van der Waals surface area contributed by atoms with Crippen molar-refractivity contribution < 1.29 is 15.0 Å². The van der Waals surface area contributed by atoms with Crippen LogP contribution in [0.15, 0.2) is 78.9 Å². The van der Waals surface area contributed by atoms with Crippen LogP contribution in [0.4, 0.5) is 0 Å². The molecule has 0 aromatic heterocycles. The molecule has 0 amide bonds. The third-order valence-corrected chi connectivity index (χ3v) is 7.96. The molecular weight excluding hydrogens is 673 g/mol. The summed E-state index contributed by atoms with van der Waals surface area (Å²) in [6, 6.07) is 21.0. The van der Waals surface area contributed by atoms with E-state index in [4.69, 9.17) is 5.11 Å². The topological polar surface area (TPSA) is 57.5 Å². The molecule has 0 bridgehead atoms. The van der Waals surface area contributed by atoms with Crippen LogP contribution in [-0.2, 0) is 11.2 Å². The zero-order chi connectivity index (χ0) is 43.0. The van der Waals surface area contributed by atoms with Crippen LogP contribution < -0.4 is 0 Å². The maximum Gasteiger partial charge on any atom is 0.129 e. The van der Waals surface area contributed by atoms with Gasteiger partial charge in [0.1, 0.15) is 5.78 Å². The van der Waals surface area contributed by atoms with Gasteiger partial charge in [0.2, 0.25) is 0 Å². The number of carbonyl (C=O) groups is 1. The van der Waals surface area contributed by atoms with Crippen molar-refractivity contribution in [2.75, 3.05) is 0 Å². The molecule has 2 rings (SSSR count). The number of benzene rings is 2. The van der Waals surface area contributed by atoms with Gasteiger partial charge in [-0.1, -0.05) is 214 Å². The van der Waals surface area contributed by atoms with Crippen molar-refractivity contribution in [2.24, 2.45) is 35.5 Å². The summed E-state index contributed by atoms with van der Waals surface area (Å²) in [5.41, 5.74) is 2.72. The van der Waals surface area contributed by atoms with E-state index < -0.39 is 0 Å². The third kappa shape index (κ3) is 58.4. The fourth-order valence-corrected chi connectivity index (χ4v) is 4.75. The van der Waals surface area contributed by atoms with Gasteiger partial charge in [0.25, 0.3) is 0 Å². The number of rotatable bonds is 18. The molecule has 0 aliphatic heterocycles. The molecule has 2 N–H and O–H groups in total. The Balaban J connectivity index is -0.000000286. The molecule has 0 saturated carbocycles. The van der Waals surface area contributed by atoms with Gasteiger partial charge in [-0.15, -0.1) is 0 Å². The van der Waals surface area contributed by atoms with E-state index in [9.17, 15) is 9.90 Å². The molecule has 3 heteroatoms. The van der Waals surface area contributed by atoms with Gasteiger partial charge in [0, 0.05) is 6.42 Å². The first kappa shape index (κ1) is 59.2. The van der Waals surface area contributed by atoms with E-state index in [1.807, 2.05) is 13.0 Å². The van der Waals surface area contributed by atoms with Crippen LogP contribution in [0.5, 0.6) is 0 Å². The first-order valence-corrected chi connectivity index (χ1v) is 22.1. The Morgan fingerprint density at radius 1 is 0.618 bits per heavy atom. The van der Waals surface area contributed by atoms with Crippen LogP contribution in [0.2, 0.25) is 0 Å². The maximum atomic E-state index is 10.3. The number of allylic oxidation sites excluding steroid dienone is 3. The number of ketones is 1. The van der Waals surface area contributed by atoms with Crippen molar-refractivity contribution in [1.82, 2.24) is 0 Å². The Kier molecular flexibility index (Phi) is 45.9. The average Bonchev–Trinajstić information content (AvgIpc) is 3.10. The summed E-state index contributed by atoms with van der Waals surface area (Å²) >= 11 is 0. The van der Waals surface area contributed by atoms with Gasteiger partial charge >= 0.3 is 0 Å². The highest BCUT2D eigenvalue weighted by Crippen LogP contribution is 2.10. The Labute approximate surface area is 344 Å². The van der Waals surface area contributed by atoms with Crippen LogP contribution >= 0.6 is 0 Å². The quantitative estimate of drug-likeness (QED) is 0.117. The van der Waals surface area contributed by atoms with Crippen LogP contribution in [0.3, 0.4) is 0 Å². The highest BCUT2D eigenvalue weighted by Gasteiger charge is 2.07. The highest BCUT2D eigenvalue weighted by atomic mass is 16.3. The number of unbranched alkanes of at least 4 members (excludes halogenated alkanes) is 4. The third-order valence-electron chi connectivity index (χ3n) is 7.96. The highest BCUT2D eigenvalue weighted by molar-refractivity contribution is 5.75. The molecule has 0 radical (unpaired) electrons. The van der Waals surface area contributed by atoms with Crippen molar-refractivity contribution >= 4 is 11.9 Å². The largest absolute Gasteiger partial charge is 0.393 e. The molecule has 2 unspecified atom stereocenters. The lowest BCUT2D eigenvalue weighted by atomic mass is 10.0. The zero-order valence-corrected chi connectivity index (χ0v) is 39.3. The van der Waals surface area contributed by atoms with E-state index in [1.165, 1.54) is 56.1 Å². The van der Waals surface area contributed by atoms with E-state index in [0.717, 1.165) is 37.5 Å². The van der Waals surface area contributed by atoms with E-state index in [0.29, 0.717) is 29.5 Å². The molecular formula is C52H94O3. The second-order valence-electron chi connectivity index (χ2n) is 17.3. The fourth-order valence-electron chi connectivity index (χ4n) is 4.75. The molecule has 0 fully saturated rings. The average molecular weight is 767 g/mol. The zero-order valence-electron chi connectivity index (χ0n) is 39.3. The van der Waals surface area contributed by atoms with Crippen molar-refractivity contribution in [3.05, 3.63) is 90.0 Å². The van der Waals surface area contributed by atoms with Gasteiger partial charge in [0.15, 0.2) is 0 Å². The standard InChI is InChI=1S/C11H14.C10H14.C9H20O.C9H18.C7H14O.C6H14O/c1-10(2)8-9-11-6-4-3-5-7-11;1-9(2)8-10-6-4-3-5-7-10;1-4-5-6-7-9(10)8(2)3;1-4-5-6-7-8-9(2)3;1-6(2)4-5-7(3)8;1-5(2)4-6(3)7/h3-10H,1-2H3;3-7,9H,8H2,1-2H3;8-10H,4-7H2,1-3H3;7-9H,4-6H2,1-3H3;6H,4-5H2,1-3H3;5-7H,4H2,1-3H3/b9-8+;;;8-7+;;. The normalized spacial score (nSPS) is 11.9. The minimum atomic E-state index is -0.125. The fraction of sp³-hybridized carbons (Fsp3) is 0.673. The second-order valence-corrected chi connectivity index (χ2v) is 17.3. The number of aliphatic hydroxyl groups excluding tert-OH is 2. The van der Waals surface area contributed by atoms with Gasteiger partial charge in [-0.3, -0.25) is 0 Å². The Bertz CT molecular complexity index is 1070. The lowest BCUT2D eigenvalue weighted by Gasteiger charge is -2.13. The molecule has 0 spiro atoms. The van der Waals surface area contributed by atoms with E-state index in [-0.39, 0.29) is 12.2 Å². The summed E-state index contributed by atoms with van der Waals surface area (Å²) in [6.07, 6.45) is 21.2. The van der Waals surface area contributed by atoms with E-state index in [1.54, 1.807) is 6.92 Å². The smallest absolute Gasteiger partial charge is 0.129 e. The Morgan fingerprint density at radius 3 is 1.47 bits per heavy atom. The van der Waals surface area contributed by atoms with E-state index >= 15 is 0 Å². The van der Waals surface area contributed by atoms with Crippen molar-refractivity contribution in [1.29, 1.82) is 0 Å². The van der Waals surface area contributed by atoms with Gasteiger partial charge in [0.05, 0.1) is 12.2 Å². The molecule has 0 saturated heterocycles. The number of hydrogen-bond donors (Lipinski definition) is 2. The first-order valence-electron chi connectivity index (χ1n) is 22.1. The molecule has 0 heterocycles. The number of carbonyl (C=O) groups excluding carboxylic acids is 1. The van der Waals surface area contributed by atoms with Crippen LogP contribution in [0.25, 0.3) is 6.08 Å².